The van der Waals surface area contributed by atoms with Crippen LogP contribution < -0.4 is 10.1 Å². The highest BCUT2D eigenvalue weighted by atomic mass is 35.5. The number of carbonyl (C=O) groups is 2. The van der Waals surface area contributed by atoms with Crippen molar-refractivity contribution in [3.63, 3.8) is 0 Å². The largest absolute Gasteiger partial charge is 0.497 e. The first-order valence-electron chi connectivity index (χ1n) is 10.6. The highest BCUT2D eigenvalue weighted by molar-refractivity contribution is 6.30. The minimum atomic E-state index is -0.325. The van der Waals surface area contributed by atoms with Crippen LogP contribution in [0.25, 0.3) is 16.9 Å². The number of methoxy groups -OCH3 is 2. The molecule has 2 amide bonds. The molecule has 1 aliphatic carbocycles. The summed E-state index contributed by atoms with van der Waals surface area (Å²) in [5.74, 6) is 0.550. The van der Waals surface area contributed by atoms with E-state index in [-0.39, 0.29) is 31.0 Å². The minimum Gasteiger partial charge on any atom is -0.497 e. The van der Waals surface area contributed by atoms with Crippen LogP contribution in [0.3, 0.4) is 0 Å². The van der Waals surface area contributed by atoms with Gasteiger partial charge in [0, 0.05) is 35.6 Å². The Morgan fingerprint density at radius 3 is 2.42 bits per heavy atom. The Labute approximate surface area is 197 Å². The predicted molar refractivity (Wildman–Crippen MR) is 126 cm³/mol. The first kappa shape index (κ1) is 22.8. The quantitative estimate of drug-likeness (QED) is 0.516. The molecule has 4 rings (SSSR count). The number of hydrogen-bond donors (Lipinski definition) is 1. The van der Waals surface area contributed by atoms with Gasteiger partial charge in [-0.2, -0.15) is 0 Å². The second-order valence-corrected chi connectivity index (χ2v) is 8.20. The molecule has 3 aromatic rings. The summed E-state index contributed by atoms with van der Waals surface area (Å²) in [4.78, 5) is 31.5. The van der Waals surface area contributed by atoms with Crippen molar-refractivity contribution in [3.05, 3.63) is 59.8 Å². The van der Waals surface area contributed by atoms with Gasteiger partial charge in [0.1, 0.15) is 18.9 Å². The van der Waals surface area contributed by atoms with Crippen molar-refractivity contribution >= 4 is 29.4 Å². The molecule has 0 spiro atoms. The monoisotopic (exact) mass is 468 g/mol. The minimum absolute atomic E-state index is 0.0506. The summed E-state index contributed by atoms with van der Waals surface area (Å²) in [7, 11) is 3.07. The van der Waals surface area contributed by atoms with Crippen LogP contribution in [0.4, 0.5) is 5.95 Å². The number of nitrogens with one attached hydrogen (secondary N) is 1. The van der Waals surface area contributed by atoms with Crippen molar-refractivity contribution in [2.45, 2.75) is 18.9 Å². The number of halogens is 1. The van der Waals surface area contributed by atoms with Gasteiger partial charge < -0.3 is 14.4 Å². The van der Waals surface area contributed by atoms with Crippen molar-refractivity contribution in [3.8, 4) is 22.7 Å². The molecular weight excluding hydrogens is 444 g/mol. The highest BCUT2D eigenvalue weighted by Gasteiger charge is 2.33. The Morgan fingerprint density at radius 1 is 1.12 bits per heavy atom. The van der Waals surface area contributed by atoms with Gasteiger partial charge in [0.2, 0.25) is 17.8 Å². The van der Waals surface area contributed by atoms with Crippen LogP contribution in [0.1, 0.15) is 12.8 Å². The molecule has 1 aromatic heterocycles. The smallest absolute Gasteiger partial charge is 0.249 e. The van der Waals surface area contributed by atoms with Crippen LogP contribution in [0.2, 0.25) is 5.02 Å². The maximum Gasteiger partial charge on any atom is 0.249 e. The molecule has 0 atom stereocenters. The lowest BCUT2D eigenvalue weighted by atomic mass is 10.2. The summed E-state index contributed by atoms with van der Waals surface area (Å²) in [6.07, 6.45) is 3.63. The maximum atomic E-state index is 12.9. The van der Waals surface area contributed by atoms with E-state index in [1.54, 1.807) is 28.7 Å². The predicted octanol–water partition coefficient (Wildman–Crippen LogP) is 3.78. The number of hydrogen-bond acceptors (Lipinski definition) is 5. The van der Waals surface area contributed by atoms with Gasteiger partial charge in [-0.3, -0.25) is 19.5 Å². The molecule has 172 valence electrons. The standard InChI is InChI=1S/C24H25ClN4O4/c1-32-15-23(31)28(18-7-8-18)14-22(30)27-24-26-21(16-3-5-17(25)6-4-16)13-29(24)19-9-11-20(33-2)12-10-19/h3-6,9-13,18H,7-8,14-15H2,1-2H3,(H,26,27,30). The molecular formula is C24H25ClN4O4. The van der Waals surface area contributed by atoms with Crippen molar-refractivity contribution in [1.82, 2.24) is 14.5 Å². The van der Waals surface area contributed by atoms with Crippen LogP contribution >= 0.6 is 11.6 Å². The molecule has 1 fully saturated rings. The van der Waals surface area contributed by atoms with Crippen molar-refractivity contribution in [2.24, 2.45) is 0 Å². The molecule has 0 unspecified atom stereocenters. The summed E-state index contributed by atoms with van der Waals surface area (Å²) in [6.45, 7) is -0.108. The molecule has 33 heavy (non-hydrogen) atoms. The van der Waals surface area contributed by atoms with E-state index in [9.17, 15) is 9.59 Å². The Morgan fingerprint density at radius 2 is 1.82 bits per heavy atom. The number of aromatic nitrogens is 2. The number of rotatable bonds is 9. The number of imidazole rings is 1. The number of anilines is 1. The lowest BCUT2D eigenvalue weighted by Gasteiger charge is -2.21. The fourth-order valence-electron chi connectivity index (χ4n) is 3.50. The Balaban J connectivity index is 1.61. The molecule has 0 bridgehead atoms. The third-order valence-electron chi connectivity index (χ3n) is 5.34. The van der Waals surface area contributed by atoms with Gasteiger partial charge in [-0.15, -0.1) is 0 Å². The zero-order valence-electron chi connectivity index (χ0n) is 18.5. The molecule has 1 saturated carbocycles. The van der Waals surface area contributed by atoms with Gasteiger partial charge >= 0.3 is 0 Å². The summed E-state index contributed by atoms with van der Waals surface area (Å²) in [5, 5.41) is 3.50. The highest BCUT2D eigenvalue weighted by Crippen LogP contribution is 2.28. The summed E-state index contributed by atoms with van der Waals surface area (Å²) >= 11 is 6.02. The number of benzene rings is 2. The fraction of sp³-hybridized carbons (Fsp3) is 0.292. The fourth-order valence-corrected chi connectivity index (χ4v) is 3.63. The van der Waals surface area contributed by atoms with Crippen LogP contribution in [0, 0.1) is 0 Å². The molecule has 1 heterocycles. The molecule has 0 radical (unpaired) electrons. The zero-order valence-corrected chi connectivity index (χ0v) is 19.2. The van der Waals surface area contributed by atoms with Gasteiger partial charge in [0.05, 0.1) is 12.8 Å². The molecule has 1 aliphatic rings. The SMILES string of the molecule is COCC(=O)N(CC(=O)Nc1nc(-c2ccc(Cl)cc2)cn1-c1ccc(OC)cc1)C1CC1. The van der Waals surface area contributed by atoms with Crippen LogP contribution in [-0.4, -0.2) is 59.7 Å². The van der Waals surface area contributed by atoms with Gasteiger partial charge in [-0.05, 0) is 49.2 Å². The molecule has 1 N–H and O–H groups in total. The van der Waals surface area contributed by atoms with E-state index in [0.717, 1.165) is 29.8 Å². The van der Waals surface area contributed by atoms with E-state index in [1.165, 1.54) is 7.11 Å². The van der Waals surface area contributed by atoms with E-state index in [0.29, 0.717) is 16.7 Å². The number of ether oxygens (including phenoxy) is 2. The molecule has 8 nitrogen and oxygen atoms in total. The van der Waals surface area contributed by atoms with E-state index in [1.807, 2.05) is 42.6 Å². The average molecular weight is 469 g/mol. The van der Waals surface area contributed by atoms with Gasteiger partial charge in [0.25, 0.3) is 0 Å². The topological polar surface area (TPSA) is 85.7 Å². The van der Waals surface area contributed by atoms with Crippen LogP contribution in [0.5, 0.6) is 5.75 Å². The van der Waals surface area contributed by atoms with Crippen molar-refractivity contribution < 1.29 is 19.1 Å². The Kier molecular flexibility index (Phi) is 6.96. The Hall–Kier alpha value is -3.36. The summed E-state index contributed by atoms with van der Waals surface area (Å²) < 4.78 is 12.0. The average Bonchev–Trinajstić information content (AvgIpc) is 3.58. The first-order chi connectivity index (χ1) is 16.0. The number of nitrogens with zero attached hydrogens (tertiary/aromatic N) is 3. The van der Waals surface area contributed by atoms with Crippen molar-refractivity contribution in [2.75, 3.05) is 32.7 Å². The third kappa shape index (κ3) is 5.53. The summed E-state index contributed by atoms with van der Waals surface area (Å²) in [5.41, 5.74) is 2.33. The van der Waals surface area contributed by atoms with E-state index >= 15 is 0 Å². The summed E-state index contributed by atoms with van der Waals surface area (Å²) in [6, 6.07) is 14.8. The zero-order chi connectivity index (χ0) is 23.4. The third-order valence-corrected chi connectivity index (χ3v) is 5.59. The van der Waals surface area contributed by atoms with Gasteiger partial charge in [-0.25, -0.2) is 4.98 Å². The molecule has 0 aliphatic heterocycles. The second-order valence-electron chi connectivity index (χ2n) is 7.76. The van der Waals surface area contributed by atoms with Crippen molar-refractivity contribution in [1.29, 1.82) is 0 Å². The van der Waals surface area contributed by atoms with Crippen LogP contribution in [-0.2, 0) is 14.3 Å². The lowest BCUT2D eigenvalue weighted by Crippen LogP contribution is -2.41. The molecule has 9 heteroatoms. The maximum absolute atomic E-state index is 12.9. The Bertz CT molecular complexity index is 1120. The van der Waals surface area contributed by atoms with E-state index in [2.05, 4.69) is 10.3 Å². The molecule has 0 saturated heterocycles. The van der Waals surface area contributed by atoms with Crippen LogP contribution in [0.15, 0.2) is 54.7 Å². The second kappa shape index (κ2) is 10.1. The number of carbonyl (C=O) groups excluding carboxylic acids is 2. The lowest BCUT2D eigenvalue weighted by molar-refractivity contribution is -0.138. The van der Waals surface area contributed by atoms with E-state index < -0.39 is 0 Å². The van der Waals surface area contributed by atoms with Gasteiger partial charge in [0.15, 0.2) is 0 Å². The molecule has 2 aromatic carbocycles. The van der Waals surface area contributed by atoms with E-state index in [4.69, 9.17) is 21.1 Å². The first-order valence-corrected chi connectivity index (χ1v) is 10.9. The number of amides is 2. The normalized spacial score (nSPS) is 12.9. The van der Waals surface area contributed by atoms with Gasteiger partial charge in [-0.1, -0.05) is 23.7 Å².